The number of carbonyl (C=O) groups is 1. The molecule has 3 nitrogen and oxygen atoms in total. The average molecular weight is 441 g/mol. The highest BCUT2D eigenvalue weighted by atomic mass is 16.1. The van der Waals surface area contributed by atoms with Crippen LogP contribution in [-0.4, -0.2) is 15.8 Å². The number of aromatic nitrogens is 2. The van der Waals surface area contributed by atoms with Crippen molar-refractivity contribution in [3.8, 4) is 22.5 Å². The molecule has 0 amide bonds. The van der Waals surface area contributed by atoms with Gasteiger partial charge in [0.05, 0.1) is 0 Å². The first-order valence-electron chi connectivity index (χ1n) is 11.5. The van der Waals surface area contributed by atoms with Crippen LogP contribution in [-0.2, 0) is 0 Å². The third-order valence-electron chi connectivity index (χ3n) is 6.48. The fraction of sp³-hybridized carbons (Fsp3) is 0.0645. The molecule has 6 aromatic rings. The van der Waals surface area contributed by atoms with Crippen LogP contribution < -0.4 is 0 Å². The van der Waals surface area contributed by atoms with Crippen molar-refractivity contribution in [2.45, 2.75) is 13.8 Å². The first-order chi connectivity index (χ1) is 16.6. The molecular weight excluding hydrogens is 416 g/mol. The SMILES string of the molecule is Cc1ccc(C(=O)c2ccc(C)cc2-c2cc3ccccc3[nH]2)c(-c2cc3ccccc3[nH]2)c1. The maximum atomic E-state index is 14.1. The molecule has 0 saturated heterocycles. The van der Waals surface area contributed by atoms with Crippen LogP contribution in [0.2, 0.25) is 0 Å². The summed E-state index contributed by atoms with van der Waals surface area (Å²) in [6.45, 7) is 4.12. The first-order valence-corrected chi connectivity index (χ1v) is 11.5. The number of H-pyrrole nitrogens is 2. The van der Waals surface area contributed by atoms with Gasteiger partial charge >= 0.3 is 0 Å². The number of hydrogen-bond donors (Lipinski definition) is 2. The summed E-state index contributed by atoms with van der Waals surface area (Å²) in [6, 6.07) is 32.7. The van der Waals surface area contributed by atoms with Crippen LogP contribution in [0.4, 0.5) is 0 Å². The Bertz CT molecular complexity index is 1510. The van der Waals surface area contributed by atoms with Crippen molar-refractivity contribution in [2.75, 3.05) is 0 Å². The number of ketones is 1. The van der Waals surface area contributed by atoms with Gasteiger partial charge in [0.2, 0.25) is 0 Å². The summed E-state index contributed by atoms with van der Waals surface area (Å²) in [5.41, 5.74) is 9.48. The quantitative estimate of drug-likeness (QED) is 0.270. The molecule has 34 heavy (non-hydrogen) atoms. The summed E-state index contributed by atoms with van der Waals surface area (Å²) in [5, 5.41) is 2.26. The van der Waals surface area contributed by atoms with E-state index in [4.69, 9.17) is 0 Å². The number of carbonyl (C=O) groups excluding carboxylic acids is 1. The molecule has 0 radical (unpaired) electrons. The van der Waals surface area contributed by atoms with E-state index in [1.54, 1.807) is 0 Å². The molecule has 0 bridgehead atoms. The number of hydrogen-bond acceptors (Lipinski definition) is 1. The second-order valence-electron chi connectivity index (χ2n) is 8.97. The fourth-order valence-corrected chi connectivity index (χ4v) is 4.74. The smallest absolute Gasteiger partial charge is 0.194 e. The number of para-hydroxylation sites is 2. The molecule has 0 spiro atoms. The van der Waals surface area contributed by atoms with Crippen molar-refractivity contribution in [2.24, 2.45) is 0 Å². The van der Waals surface area contributed by atoms with Gasteiger partial charge in [0.1, 0.15) is 0 Å². The van der Waals surface area contributed by atoms with Crippen molar-refractivity contribution in [3.05, 3.63) is 119 Å². The van der Waals surface area contributed by atoms with E-state index in [2.05, 4.69) is 72.3 Å². The molecule has 0 saturated carbocycles. The second-order valence-corrected chi connectivity index (χ2v) is 8.97. The highest BCUT2D eigenvalue weighted by Crippen LogP contribution is 2.33. The molecule has 3 heteroatoms. The van der Waals surface area contributed by atoms with Gasteiger partial charge in [-0.1, -0.05) is 71.8 Å². The molecule has 2 heterocycles. The van der Waals surface area contributed by atoms with E-state index in [0.29, 0.717) is 11.1 Å². The second kappa shape index (κ2) is 7.89. The number of aryl methyl sites for hydroxylation is 2. The zero-order valence-corrected chi connectivity index (χ0v) is 19.1. The molecule has 6 rings (SSSR count). The maximum absolute atomic E-state index is 14.1. The Morgan fingerprint density at radius 3 is 1.44 bits per heavy atom. The van der Waals surface area contributed by atoms with E-state index in [0.717, 1.165) is 55.4 Å². The number of fused-ring (bicyclic) bond motifs is 2. The lowest BCUT2D eigenvalue weighted by molar-refractivity contribution is 0.104. The van der Waals surface area contributed by atoms with E-state index < -0.39 is 0 Å². The van der Waals surface area contributed by atoms with E-state index >= 15 is 0 Å². The first kappa shape index (κ1) is 20.3. The minimum Gasteiger partial charge on any atom is -0.355 e. The van der Waals surface area contributed by atoms with Crippen LogP contribution in [0.15, 0.2) is 97.1 Å². The molecule has 164 valence electrons. The summed E-state index contributed by atoms with van der Waals surface area (Å²) in [4.78, 5) is 21.1. The summed E-state index contributed by atoms with van der Waals surface area (Å²) in [5.74, 6) is 0.0160. The Kier molecular flexibility index (Phi) is 4.70. The zero-order chi connectivity index (χ0) is 23.2. The van der Waals surface area contributed by atoms with E-state index in [9.17, 15) is 4.79 Å². The molecule has 0 aliphatic heterocycles. The van der Waals surface area contributed by atoms with Gasteiger partial charge in [0, 0.05) is 55.4 Å². The Morgan fingerprint density at radius 2 is 1.00 bits per heavy atom. The summed E-state index contributed by atoms with van der Waals surface area (Å²) in [6.07, 6.45) is 0. The highest BCUT2D eigenvalue weighted by molar-refractivity contribution is 6.16. The maximum Gasteiger partial charge on any atom is 0.194 e. The summed E-state index contributed by atoms with van der Waals surface area (Å²) >= 11 is 0. The third kappa shape index (κ3) is 3.43. The van der Waals surface area contributed by atoms with Crippen molar-refractivity contribution in [1.29, 1.82) is 0 Å². The predicted octanol–water partition coefficient (Wildman–Crippen LogP) is 7.83. The molecule has 0 aliphatic carbocycles. The van der Waals surface area contributed by atoms with Crippen molar-refractivity contribution < 1.29 is 4.79 Å². The third-order valence-corrected chi connectivity index (χ3v) is 6.48. The lowest BCUT2D eigenvalue weighted by Gasteiger charge is -2.13. The molecule has 0 aliphatic rings. The Hall–Kier alpha value is -4.37. The van der Waals surface area contributed by atoms with Gasteiger partial charge in [0.25, 0.3) is 0 Å². The molecule has 4 aromatic carbocycles. The van der Waals surface area contributed by atoms with Gasteiger partial charge in [-0.05, 0) is 50.2 Å². The van der Waals surface area contributed by atoms with Gasteiger partial charge in [0.15, 0.2) is 5.78 Å². The number of benzene rings is 4. The van der Waals surface area contributed by atoms with Crippen LogP contribution in [0.5, 0.6) is 0 Å². The summed E-state index contributed by atoms with van der Waals surface area (Å²) in [7, 11) is 0. The average Bonchev–Trinajstić information content (AvgIpc) is 3.48. The van der Waals surface area contributed by atoms with Gasteiger partial charge in [-0.3, -0.25) is 4.79 Å². The van der Waals surface area contributed by atoms with Crippen molar-refractivity contribution in [1.82, 2.24) is 9.97 Å². The van der Waals surface area contributed by atoms with Gasteiger partial charge < -0.3 is 9.97 Å². The molecule has 2 N–H and O–H groups in total. The molecule has 2 aromatic heterocycles. The number of aromatic amines is 2. The van der Waals surface area contributed by atoms with Crippen LogP contribution in [0.1, 0.15) is 27.0 Å². The Labute approximate surface area is 198 Å². The normalized spacial score (nSPS) is 11.4. The largest absolute Gasteiger partial charge is 0.355 e. The molecule has 0 fully saturated rings. The van der Waals surface area contributed by atoms with Crippen molar-refractivity contribution >= 4 is 27.6 Å². The number of rotatable bonds is 4. The molecule has 0 atom stereocenters. The van der Waals surface area contributed by atoms with E-state index in [1.165, 1.54) is 0 Å². The lowest BCUT2D eigenvalue weighted by Crippen LogP contribution is -2.06. The highest BCUT2D eigenvalue weighted by Gasteiger charge is 2.21. The molecular formula is C31H24N2O. The minimum absolute atomic E-state index is 0.0160. The van der Waals surface area contributed by atoms with Crippen LogP contribution in [0.25, 0.3) is 44.3 Å². The van der Waals surface area contributed by atoms with Gasteiger partial charge in [-0.25, -0.2) is 0 Å². The topological polar surface area (TPSA) is 48.6 Å². The molecule has 0 unspecified atom stereocenters. The predicted molar refractivity (Wildman–Crippen MR) is 140 cm³/mol. The minimum atomic E-state index is 0.0160. The van der Waals surface area contributed by atoms with E-state index in [-0.39, 0.29) is 5.78 Å². The Morgan fingerprint density at radius 1 is 0.559 bits per heavy atom. The standard InChI is InChI=1S/C31H24N2O/c1-19-11-13-23(25(15-19)29-17-21-7-3-5-9-27(21)32-29)31(34)24-14-12-20(2)16-26(24)30-18-22-8-4-6-10-28(22)33-30/h3-18,32-33H,1-2H3. The van der Waals surface area contributed by atoms with Crippen LogP contribution in [0.3, 0.4) is 0 Å². The van der Waals surface area contributed by atoms with Crippen molar-refractivity contribution in [3.63, 3.8) is 0 Å². The zero-order valence-electron chi connectivity index (χ0n) is 19.1. The lowest BCUT2D eigenvalue weighted by atomic mass is 9.91. The van der Waals surface area contributed by atoms with Crippen LogP contribution in [0, 0.1) is 13.8 Å². The fourth-order valence-electron chi connectivity index (χ4n) is 4.74. The number of nitrogens with one attached hydrogen (secondary N) is 2. The Balaban J connectivity index is 1.52. The van der Waals surface area contributed by atoms with E-state index in [1.807, 2.05) is 48.5 Å². The van der Waals surface area contributed by atoms with Crippen LogP contribution >= 0.6 is 0 Å². The summed E-state index contributed by atoms with van der Waals surface area (Å²) < 4.78 is 0. The van der Waals surface area contributed by atoms with Gasteiger partial charge in [-0.2, -0.15) is 0 Å². The monoisotopic (exact) mass is 440 g/mol. The van der Waals surface area contributed by atoms with Gasteiger partial charge in [-0.15, -0.1) is 0 Å².